The van der Waals surface area contributed by atoms with Gasteiger partial charge < -0.3 is 15.5 Å². The molecular formula is C12H15FN6. The van der Waals surface area contributed by atoms with Gasteiger partial charge in [0.05, 0.1) is 5.69 Å². The molecule has 0 spiro atoms. The quantitative estimate of drug-likeness (QED) is 0.902. The van der Waals surface area contributed by atoms with Crippen LogP contribution in [0.25, 0.3) is 0 Å². The molecule has 2 rings (SSSR count). The Labute approximate surface area is 110 Å². The summed E-state index contributed by atoms with van der Waals surface area (Å²) in [5.41, 5.74) is 6.01. The SMILES string of the molecule is CN(C)c1nc(N)nc(N(C)c2ccccc2F)n1. The summed E-state index contributed by atoms with van der Waals surface area (Å²) in [6.07, 6.45) is 0. The molecule has 0 saturated carbocycles. The maximum atomic E-state index is 13.7. The fourth-order valence-electron chi connectivity index (χ4n) is 1.55. The zero-order valence-corrected chi connectivity index (χ0v) is 11.0. The van der Waals surface area contributed by atoms with Crippen LogP contribution in [0, 0.1) is 5.82 Å². The maximum absolute atomic E-state index is 13.7. The molecule has 0 amide bonds. The summed E-state index contributed by atoms with van der Waals surface area (Å²) in [7, 11) is 5.26. The molecule has 19 heavy (non-hydrogen) atoms. The molecular weight excluding hydrogens is 247 g/mol. The lowest BCUT2D eigenvalue weighted by atomic mass is 10.3. The molecule has 1 aromatic heterocycles. The largest absolute Gasteiger partial charge is 0.368 e. The average molecular weight is 262 g/mol. The second-order valence-electron chi connectivity index (χ2n) is 4.20. The van der Waals surface area contributed by atoms with E-state index in [4.69, 9.17) is 5.73 Å². The highest BCUT2D eigenvalue weighted by molar-refractivity contribution is 5.58. The van der Waals surface area contributed by atoms with Crippen molar-refractivity contribution >= 4 is 23.5 Å². The van der Waals surface area contributed by atoms with Gasteiger partial charge in [-0.2, -0.15) is 15.0 Å². The van der Waals surface area contributed by atoms with Gasteiger partial charge in [-0.3, -0.25) is 0 Å². The fraction of sp³-hybridized carbons (Fsp3) is 0.250. The predicted molar refractivity (Wildman–Crippen MR) is 73.0 cm³/mol. The molecule has 0 bridgehead atoms. The number of nitrogens with zero attached hydrogens (tertiary/aromatic N) is 5. The first-order chi connectivity index (χ1) is 8.99. The molecule has 2 aromatic rings. The summed E-state index contributed by atoms with van der Waals surface area (Å²) in [5, 5.41) is 0. The molecule has 0 aliphatic carbocycles. The number of aromatic nitrogens is 3. The second-order valence-corrected chi connectivity index (χ2v) is 4.20. The van der Waals surface area contributed by atoms with E-state index in [2.05, 4.69) is 15.0 Å². The zero-order chi connectivity index (χ0) is 14.0. The number of rotatable bonds is 3. The molecule has 6 nitrogen and oxygen atoms in total. The standard InChI is InChI=1S/C12H15FN6/c1-18(2)11-15-10(14)16-12(17-11)19(3)9-7-5-4-6-8(9)13/h4-7H,1-3H3,(H2,14,15,16,17). The number of halogens is 1. The van der Waals surface area contributed by atoms with E-state index in [1.807, 2.05) is 0 Å². The van der Waals surface area contributed by atoms with Gasteiger partial charge >= 0.3 is 0 Å². The summed E-state index contributed by atoms with van der Waals surface area (Å²) in [5.74, 6) is 0.458. The third-order valence-corrected chi connectivity index (χ3v) is 2.54. The van der Waals surface area contributed by atoms with Crippen LogP contribution in [0.5, 0.6) is 0 Å². The molecule has 0 saturated heterocycles. The topological polar surface area (TPSA) is 71.2 Å². The molecule has 100 valence electrons. The van der Waals surface area contributed by atoms with Crippen LogP contribution in [0.3, 0.4) is 0 Å². The van der Waals surface area contributed by atoms with Gasteiger partial charge in [-0.25, -0.2) is 4.39 Å². The van der Waals surface area contributed by atoms with Crippen molar-refractivity contribution in [2.75, 3.05) is 36.7 Å². The van der Waals surface area contributed by atoms with Gasteiger partial charge in [0.2, 0.25) is 17.8 Å². The van der Waals surface area contributed by atoms with E-state index >= 15 is 0 Å². The molecule has 0 radical (unpaired) electrons. The summed E-state index contributed by atoms with van der Waals surface area (Å²) in [4.78, 5) is 15.5. The third kappa shape index (κ3) is 2.70. The van der Waals surface area contributed by atoms with Gasteiger partial charge in [-0.15, -0.1) is 0 Å². The number of hydrogen-bond acceptors (Lipinski definition) is 6. The Morgan fingerprint density at radius 2 is 1.63 bits per heavy atom. The molecule has 7 heteroatoms. The average Bonchev–Trinajstić information content (AvgIpc) is 2.37. The minimum atomic E-state index is -0.351. The van der Waals surface area contributed by atoms with Crippen LogP contribution >= 0.6 is 0 Å². The highest BCUT2D eigenvalue weighted by Crippen LogP contribution is 2.24. The lowest BCUT2D eigenvalue weighted by Crippen LogP contribution is -2.20. The lowest BCUT2D eigenvalue weighted by Gasteiger charge is -2.19. The first kappa shape index (κ1) is 13.0. The van der Waals surface area contributed by atoms with Gasteiger partial charge in [-0.05, 0) is 12.1 Å². The summed E-state index contributed by atoms with van der Waals surface area (Å²) >= 11 is 0. The van der Waals surface area contributed by atoms with Gasteiger partial charge in [0.1, 0.15) is 5.82 Å². The van der Waals surface area contributed by atoms with Crippen LogP contribution in [0.2, 0.25) is 0 Å². The molecule has 1 heterocycles. The van der Waals surface area contributed by atoms with Crippen molar-refractivity contribution in [2.24, 2.45) is 0 Å². The summed E-state index contributed by atoms with van der Waals surface area (Å²) in [6.45, 7) is 0. The number of hydrogen-bond donors (Lipinski definition) is 1. The number of anilines is 4. The molecule has 0 aliphatic heterocycles. The molecule has 1 aromatic carbocycles. The van der Waals surface area contributed by atoms with E-state index in [-0.39, 0.29) is 11.8 Å². The highest BCUT2D eigenvalue weighted by atomic mass is 19.1. The van der Waals surface area contributed by atoms with Crippen LogP contribution < -0.4 is 15.5 Å². The van der Waals surface area contributed by atoms with Crippen LogP contribution in [0.15, 0.2) is 24.3 Å². The van der Waals surface area contributed by atoms with Crippen LogP contribution in [0.4, 0.5) is 27.9 Å². The minimum absolute atomic E-state index is 0.0943. The Bertz CT molecular complexity index is 586. The first-order valence-electron chi connectivity index (χ1n) is 5.66. The van der Waals surface area contributed by atoms with E-state index in [1.165, 1.54) is 11.0 Å². The number of nitrogens with two attached hydrogens (primary N) is 1. The Balaban J connectivity index is 2.44. The maximum Gasteiger partial charge on any atom is 0.236 e. The fourth-order valence-corrected chi connectivity index (χ4v) is 1.55. The monoisotopic (exact) mass is 262 g/mol. The predicted octanol–water partition coefficient (Wildman–Crippen LogP) is 1.43. The van der Waals surface area contributed by atoms with Crippen molar-refractivity contribution < 1.29 is 4.39 Å². The van der Waals surface area contributed by atoms with E-state index in [0.717, 1.165) is 0 Å². The van der Waals surface area contributed by atoms with Crippen molar-refractivity contribution in [1.82, 2.24) is 15.0 Å². The molecule has 2 N–H and O–H groups in total. The van der Waals surface area contributed by atoms with Crippen molar-refractivity contribution in [3.63, 3.8) is 0 Å². The Morgan fingerprint density at radius 3 is 2.26 bits per heavy atom. The smallest absolute Gasteiger partial charge is 0.236 e. The van der Waals surface area contributed by atoms with E-state index < -0.39 is 0 Å². The lowest BCUT2D eigenvalue weighted by molar-refractivity contribution is 0.627. The summed E-state index contributed by atoms with van der Waals surface area (Å²) in [6, 6.07) is 6.39. The third-order valence-electron chi connectivity index (χ3n) is 2.54. The van der Waals surface area contributed by atoms with Crippen molar-refractivity contribution in [3.05, 3.63) is 30.1 Å². The van der Waals surface area contributed by atoms with Gasteiger partial charge in [0.25, 0.3) is 0 Å². The van der Waals surface area contributed by atoms with Crippen molar-refractivity contribution in [1.29, 1.82) is 0 Å². The van der Waals surface area contributed by atoms with Gasteiger partial charge in [0.15, 0.2) is 0 Å². The van der Waals surface area contributed by atoms with E-state index in [0.29, 0.717) is 17.6 Å². The van der Waals surface area contributed by atoms with Gasteiger partial charge in [-0.1, -0.05) is 12.1 Å². The second kappa shape index (κ2) is 5.05. The van der Waals surface area contributed by atoms with Crippen LogP contribution in [0.1, 0.15) is 0 Å². The molecule has 0 unspecified atom stereocenters. The van der Waals surface area contributed by atoms with Crippen LogP contribution in [-0.4, -0.2) is 36.1 Å². The van der Waals surface area contributed by atoms with Crippen LogP contribution in [-0.2, 0) is 0 Å². The highest BCUT2D eigenvalue weighted by Gasteiger charge is 2.14. The Kier molecular flexibility index (Phi) is 3.46. The first-order valence-corrected chi connectivity index (χ1v) is 5.66. The number of nitrogen functional groups attached to an aromatic ring is 1. The minimum Gasteiger partial charge on any atom is -0.368 e. The van der Waals surface area contributed by atoms with Crippen molar-refractivity contribution in [3.8, 4) is 0 Å². The van der Waals surface area contributed by atoms with Crippen molar-refractivity contribution in [2.45, 2.75) is 0 Å². The molecule has 0 fully saturated rings. The Morgan fingerprint density at radius 1 is 1.00 bits per heavy atom. The van der Waals surface area contributed by atoms with E-state index in [9.17, 15) is 4.39 Å². The number of benzene rings is 1. The summed E-state index contributed by atoms with van der Waals surface area (Å²) < 4.78 is 13.7. The molecule has 0 atom stereocenters. The normalized spacial score (nSPS) is 10.3. The number of para-hydroxylation sites is 1. The zero-order valence-electron chi connectivity index (χ0n) is 11.0. The van der Waals surface area contributed by atoms with E-state index in [1.54, 1.807) is 44.2 Å². The Hall–Kier alpha value is -2.44. The molecule has 0 aliphatic rings. The van der Waals surface area contributed by atoms with Gasteiger partial charge in [0, 0.05) is 21.1 Å².